The van der Waals surface area contributed by atoms with Crippen molar-refractivity contribution in [2.75, 3.05) is 17.7 Å². The maximum atomic E-state index is 12.7. The molecule has 2 aromatic heterocycles. The Hall–Kier alpha value is -5.38. The molecule has 0 bridgehead atoms. The van der Waals surface area contributed by atoms with Gasteiger partial charge in [-0.1, -0.05) is 18.2 Å². The molecule has 5 aromatic rings. The quantitative estimate of drug-likeness (QED) is 0.204. The summed E-state index contributed by atoms with van der Waals surface area (Å²) in [6.45, 7) is 0. The van der Waals surface area contributed by atoms with Crippen LogP contribution in [0.25, 0.3) is 22.3 Å². The summed E-state index contributed by atoms with van der Waals surface area (Å²) in [5.41, 5.74) is 1.96. The van der Waals surface area contributed by atoms with Gasteiger partial charge in [-0.3, -0.25) is 19.7 Å². The van der Waals surface area contributed by atoms with Crippen molar-refractivity contribution < 1.29 is 28.1 Å². The van der Waals surface area contributed by atoms with E-state index in [2.05, 4.69) is 10.6 Å². The van der Waals surface area contributed by atoms with Crippen LogP contribution in [0.5, 0.6) is 5.75 Å². The normalized spacial score (nSPS) is 10.7. The molecule has 0 aliphatic heterocycles. The molecular weight excluding hydrogens is 478 g/mol. The number of nitro benzene ring substituents is 1. The third-order valence-electron chi connectivity index (χ3n) is 5.55. The molecule has 2 N–H and O–H groups in total. The van der Waals surface area contributed by atoms with Gasteiger partial charge in [0.2, 0.25) is 0 Å². The summed E-state index contributed by atoms with van der Waals surface area (Å²) in [6.07, 6.45) is 0. The van der Waals surface area contributed by atoms with Gasteiger partial charge in [-0.05, 0) is 48.5 Å². The maximum absolute atomic E-state index is 12.7. The number of nitrogens with zero attached hydrogens (tertiary/aromatic N) is 1. The minimum absolute atomic E-state index is 0.0422. The molecule has 37 heavy (non-hydrogen) atoms. The third kappa shape index (κ3) is 4.89. The van der Waals surface area contributed by atoms with Crippen molar-refractivity contribution in [2.45, 2.75) is 0 Å². The Morgan fingerprint density at radius 1 is 0.838 bits per heavy atom. The predicted molar refractivity (Wildman–Crippen MR) is 136 cm³/mol. The Labute approximate surface area is 209 Å². The van der Waals surface area contributed by atoms with Crippen molar-refractivity contribution in [1.29, 1.82) is 0 Å². The molecule has 5 rings (SSSR count). The molecule has 0 fully saturated rings. The van der Waals surface area contributed by atoms with Crippen LogP contribution < -0.4 is 15.4 Å². The molecule has 0 spiro atoms. The van der Waals surface area contributed by atoms with E-state index in [-0.39, 0.29) is 17.2 Å². The van der Waals surface area contributed by atoms with Crippen molar-refractivity contribution in [3.63, 3.8) is 0 Å². The van der Waals surface area contributed by atoms with E-state index in [0.717, 1.165) is 5.39 Å². The van der Waals surface area contributed by atoms with Gasteiger partial charge in [0.25, 0.3) is 17.5 Å². The zero-order chi connectivity index (χ0) is 25.9. The minimum atomic E-state index is -0.505. The number of fused-ring (bicyclic) bond motifs is 1. The number of rotatable bonds is 7. The fraction of sp³-hybridized carbons (Fsp3) is 0.0370. The SMILES string of the molecule is COc1cc(NC(=O)c2ccc(-c3ccc([N+](=O)[O-])cc3)o2)ccc1NC(=O)c1cc2ccccc2o1. The van der Waals surface area contributed by atoms with Crippen LogP contribution in [0.2, 0.25) is 0 Å². The van der Waals surface area contributed by atoms with Gasteiger partial charge < -0.3 is 24.2 Å². The van der Waals surface area contributed by atoms with Gasteiger partial charge >= 0.3 is 0 Å². The lowest BCUT2D eigenvalue weighted by atomic mass is 10.1. The molecule has 0 aliphatic carbocycles. The summed E-state index contributed by atoms with van der Waals surface area (Å²) in [7, 11) is 1.45. The van der Waals surface area contributed by atoms with Crippen LogP contribution in [0, 0.1) is 10.1 Å². The largest absolute Gasteiger partial charge is 0.494 e. The molecule has 10 heteroatoms. The van der Waals surface area contributed by atoms with Crippen LogP contribution >= 0.6 is 0 Å². The van der Waals surface area contributed by atoms with Gasteiger partial charge in [0, 0.05) is 34.8 Å². The van der Waals surface area contributed by atoms with Gasteiger partial charge in [0.1, 0.15) is 17.1 Å². The molecule has 0 saturated carbocycles. The topological polar surface area (TPSA) is 137 Å². The summed E-state index contributed by atoms with van der Waals surface area (Å²) in [6, 6.07) is 22.6. The number of furan rings is 2. The van der Waals surface area contributed by atoms with Gasteiger partial charge in [0.15, 0.2) is 11.5 Å². The first-order valence-corrected chi connectivity index (χ1v) is 11.1. The highest BCUT2D eigenvalue weighted by atomic mass is 16.6. The van der Waals surface area contributed by atoms with Crippen LogP contribution in [0.1, 0.15) is 21.1 Å². The molecule has 2 amide bonds. The summed E-state index contributed by atoms with van der Waals surface area (Å²) in [5, 5.41) is 17.1. The lowest BCUT2D eigenvalue weighted by Crippen LogP contribution is -2.13. The Balaban J connectivity index is 1.28. The van der Waals surface area contributed by atoms with E-state index in [9.17, 15) is 19.7 Å². The van der Waals surface area contributed by atoms with Crippen LogP contribution in [0.4, 0.5) is 17.1 Å². The van der Waals surface area contributed by atoms with E-state index in [0.29, 0.717) is 34.0 Å². The maximum Gasteiger partial charge on any atom is 0.291 e. The summed E-state index contributed by atoms with van der Waals surface area (Å²) in [4.78, 5) is 35.8. The number of non-ortho nitro benzene ring substituents is 1. The van der Waals surface area contributed by atoms with Crippen LogP contribution in [0.15, 0.2) is 93.8 Å². The summed E-state index contributed by atoms with van der Waals surface area (Å²) >= 11 is 0. The van der Waals surface area contributed by atoms with Gasteiger partial charge in [-0.15, -0.1) is 0 Å². The smallest absolute Gasteiger partial charge is 0.291 e. The Bertz CT molecular complexity index is 1600. The number of carbonyl (C=O) groups is 2. The molecule has 0 radical (unpaired) electrons. The number of ether oxygens (including phenoxy) is 1. The highest BCUT2D eigenvalue weighted by molar-refractivity contribution is 6.06. The molecule has 0 aliphatic rings. The fourth-order valence-corrected chi connectivity index (χ4v) is 3.71. The number of benzene rings is 3. The first-order valence-electron chi connectivity index (χ1n) is 11.1. The Morgan fingerprint density at radius 2 is 1.59 bits per heavy atom. The van der Waals surface area contributed by atoms with Crippen molar-refractivity contribution in [1.82, 2.24) is 0 Å². The van der Waals surface area contributed by atoms with Crippen molar-refractivity contribution in [3.8, 4) is 17.1 Å². The first-order chi connectivity index (χ1) is 17.9. The van der Waals surface area contributed by atoms with E-state index in [4.69, 9.17) is 13.6 Å². The number of hydrogen-bond donors (Lipinski definition) is 2. The third-order valence-corrected chi connectivity index (χ3v) is 5.55. The van der Waals surface area contributed by atoms with Crippen LogP contribution in [-0.2, 0) is 0 Å². The average Bonchev–Trinajstić information content (AvgIpc) is 3.57. The predicted octanol–water partition coefficient (Wildman–Crippen LogP) is 6.11. The second kappa shape index (κ2) is 9.70. The van der Waals surface area contributed by atoms with Crippen molar-refractivity contribution in [3.05, 3.63) is 107 Å². The highest BCUT2D eigenvalue weighted by Crippen LogP contribution is 2.30. The number of nitro groups is 1. The van der Waals surface area contributed by atoms with Crippen molar-refractivity contribution in [2.24, 2.45) is 0 Å². The highest BCUT2D eigenvalue weighted by Gasteiger charge is 2.17. The first kappa shape index (κ1) is 23.4. The fourth-order valence-electron chi connectivity index (χ4n) is 3.71. The molecule has 3 aromatic carbocycles. The monoisotopic (exact) mass is 497 g/mol. The second-order valence-corrected chi connectivity index (χ2v) is 7.94. The number of para-hydroxylation sites is 1. The standard InChI is InChI=1S/C27H19N3O7/c1-35-24-15-18(8-11-20(24)29-27(32)25-14-17-4-2-3-5-21(17)37-25)28-26(31)23-13-12-22(36-23)16-6-9-19(10-7-16)30(33)34/h2-15H,1H3,(H,28,31)(H,29,32). The molecule has 10 nitrogen and oxygen atoms in total. The summed E-state index contributed by atoms with van der Waals surface area (Å²) in [5.74, 6) is -0.0265. The van der Waals surface area contributed by atoms with Crippen molar-refractivity contribution >= 4 is 39.8 Å². The van der Waals surface area contributed by atoms with E-state index in [1.54, 1.807) is 48.5 Å². The molecule has 2 heterocycles. The van der Waals surface area contributed by atoms with E-state index >= 15 is 0 Å². The average molecular weight is 497 g/mol. The van der Waals surface area contributed by atoms with Gasteiger partial charge in [0.05, 0.1) is 17.7 Å². The van der Waals surface area contributed by atoms with Gasteiger partial charge in [-0.25, -0.2) is 0 Å². The number of hydrogen-bond acceptors (Lipinski definition) is 7. The molecule has 0 atom stereocenters. The van der Waals surface area contributed by atoms with E-state index in [1.807, 2.05) is 18.2 Å². The molecular formula is C27H19N3O7. The lowest BCUT2D eigenvalue weighted by Gasteiger charge is -2.11. The number of carbonyl (C=O) groups excluding carboxylic acids is 2. The zero-order valence-corrected chi connectivity index (χ0v) is 19.4. The van der Waals surface area contributed by atoms with Gasteiger partial charge in [-0.2, -0.15) is 0 Å². The van der Waals surface area contributed by atoms with Crippen LogP contribution in [-0.4, -0.2) is 23.8 Å². The number of anilines is 2. The Kier molecular flexibility index (Phi) is 6.13. The zero-order valence-electron chi connectivity index (χ0n) is 19.4. The number of methoxy groups -OCH3 is 1. The molecule has 184 valence electrons. The van der Waals surface area contributed by atoms with E-state index in [1.165, 1.54) is 25.3 Å². The molecule has 0 unspecified atom stereocenters. The lowest BCUT2D eigenvalue weighted by molar-refractivity contribution is -0.384. The summed E-state index contributed by atoms with van der Waals surface area (Å²) < 4.78 is 16.6. The van der Waals surface area contributed by atoms with Crippen LogP contribution in [0.3, 0.4) is 0 Å². The minimum Gasteiger partial charge on any atom is -0.494 e. The second-order valence-electron chi connectivity index (χ2n) is 7.94. The Morgan fingerprint density at radius 3 is 2.32 bits per heavy atom. The number of amides is 2. The number of nitrogens with one attached hydrogen (secondary N) is 2. The van der Waals surface area contributed by atoms with E-state index < -0.39 is 16.7 Å². The molecule has 0 saturated heterocycles.